The zero-order valence-corrected chi connectivity index (χ0v) is 7.81. The van der Waals surface area contributed by atoms with Gasteiger partial charge in [-0.1, -0.05) is 18.2 Å². The van der Waals surface area contributed by atoms with Gasteiger partial charge in [-0.25, -0.2) is 0 Å². The summed E-state index contributed by atoms with van der Waals surface area (Å²) in [5.74, 6) is -0.178. The highest BCUT2D eigenvalue weighted by Gasteiger charge is 2.34. The fraction of sp³-hybridized carbons (Fsp3) is 0.364. The number of hydrogen-bond donors (Lipinski definition) is 1. The van der Waals surface area contributed by atoms with Crippen LogP contribution in [-0.4, -0.2) is 23.9 Å². The van der Waals surface area contributed by atoms with Gasteiger partial charge < -0.3 is 5.31 Å². The predicted molar refractivity (Wildman–Crippen MR) is 52.8 cm³/mol. The van der Waals surface area contributed by atoms with E-state index < -0.39 is 0 Å². The van der Waals surface area contributed by atoms with Crippen molar-refractivity contribution in [3.05, 3.63) is 35.4 Å². The number of carbonyl (C=O) groups excluding carboxylic acids is 1. The average molecular weight is 189 g/mol. The number of benzene rings is 1. The molecule has 3 nitrogen and oxygen atoms in total. The summed E-state index contributed by atoms with van der Waals surface area (Å²) in [6, 6.07) is 7.53. The standard InChI is InChI=1S/C11H12N2O/c14-11-9-5-2-1-4-8(9)10(12-11)13-6-3-7-13/h1-2,4-5,10H,3,6-7H2,(H,12,14)/i/hD. The van der Waals surface area contributed by atoms with Crippen LogP contribution in [0.5, 0.6) is 0 Å². The molecule has 3 heteroatoms. The van der Waals surface area contributed by atoms with Crippen molar-refractivity contribution in [2.75, 3.05) is 13.1 Å². The van der Waals surface area contributed by atoms with Crippen LogP contribution in [0.15, 0.2) is 24.3 Å². The van der Waals surface area contributed by atoms with E-state index in [9.17, 15) is 4.79 Å². The van der Waals surface area contributed by atoms with Gasteiger partial charge in [0.25, 0.3) is 5.91 Å². The Bertz CT molecular complexity index is 417. The molecule has 14 heavy (non-hydrogen) atoms. The van der Waals surface area contributed by atoms with Crippen molar-refractivity contribution in [1.82, 2.24) is 10.2 Å². The van der Waals surface area contributed by atoms with Gasteiger partial charge >= 0.3 is 0 Å². The average Bonchev–Trinajstić information content (AvgIpc) is 2.42. The zero-order valence-electron chi connectivity index (χ0n) is 8.81. The largest absolute Gasteiger partial charge is 0.332 e. The Labute approximate surface area is 84.2 Å². The molecular weight excluding hydrogens is 176 g/mol. The molecule has 0 aliphatic carbocycles. The number of nitrogens with zero attached hydrogens (tertiary/aromatic N) is 1. The van der Waals surface area contributed by atoms with Gasteiger partial charge in [-0.15, -0.1) is 0 Å². The van der Waals surface area contributed by atoms with E-state index in [0.29, 0.717) is 5.56 Å². The minimum Gasteiger partial charge on any atom is -0.332 e. The molecule has 2 aliphatic rings. The van der Waals surface area contributed by atoms with Crippen LogP contribution in [0, 0.1) is 0 Å². The molecule has 0 aromatic heterocycles. The van der Waals surface area contributed by atoms with Gasteiger partial charge in [0.1, 0.15) is 6.17 Å². The summed E-state index contributed by atoms with van der Waals surface area (Å²) in [5.41, 5.74) is 1.67. The number of hydrogen-bond acceptors (Lipinski definition) is 2. The topological polar surface area (TPSA) is 32.3 Å². The summed E-state index contributed by atoms with van der Waals surface area (Å²) >= 11 is 0. The monoisotopic (exact) mass is 189 g/mol. The summed E-state index contributed by atoms with van der Waals surface area (Å²) in [7, 11) is 0. The van der Waals surface area contributed by atoms with Crippen molar-refractivity contribution in [1.29, 1.82) is 0 Å². The minimum absolute atomic E-state index is 0.151. The first-order valence-electron chi connectivity index (χ1n) is 5.39. The van der Waals surface area contributed by atoms with Crippen LogP contribution in [0.2, 0.25) is 1.41 Å². The molecule has 0 radical (unpaired) electrons. The highest BCUT2D eigenvalue weighted by Crippen LogP contribution is 2.30. The first-order valence-corrected chi connectivity index (χ1v) is 4.94. The normalized spacial score (nSPS) is 27.1. The van der Waals surface area contributed by atoms with Crippen LogP contribution >= 0.6 is 0 Å². The van der Waals surface area contributed by atoms with E-state index in [1.54, 1.807) is 6.07 Å². The van der Waals surface area contributed by atoms with E-state index >= 15 is 0 Å². The Morgan fingerprint density at radius 2 is 2.21 bits per heavy atom. The lowest BCUT2D eigenvalue weighted by atomic mass is 10.1. The summed E-state index contributed by atoms with van der Waals surface area (Å²) in [6.07, 6.45) is 1.02. The second-order valence-electron chi connectivity index (χ2n) is 3.78. The second-order valence-corrected chi connectivity index (χ2v) is 3.78. The van der Waals surface area contributed by atoms with E-state index in [-0.39, 0.29) is 12.1 Å². The molecule has 1 fully saturated rings. The van der Waals surface area contributed by atoms with Crippen molar-refractivity contribution in [3.8, 4) is 0 Å². The van der Waals surface area contributed by atoms with Gasteiger partial charge in [0.05, 0.1) is 0 Å². The first-order chi connectivity index (χ1) is 7.29. The van der Waals surface area contributed by atoms with Crippen molar-refractivity contribution in [2.24, 2.45) is 0 Å². The Hall–Kier alpha value is -1.35. The molecule has 1 aromatic carbocycles. The SMILES string of the molecule is [2H]N1C(=O)c2ccccc2C1N1CCC1. The van der Waals surface area contributed by atoms with Gasteiger partial charge in [-0.2, -0.15) is 0 Å². The molecule has 1 saturated heterocycles. The first kappa shape index (κ1) is 7.01. The zero-order chi connectivity index (χ0) is 10.4. The second kappa shape index (κ2) is 2.82. The molecule has 2 heterocycles. The maximum Gasteiger partial charge on any atom is 0.253 e. The third kappa shape index (κ3) is 0.990. The molecule has 0 spiro atoms. The maximum absolute atomic E-state index is 11.8. The Morgan fingerprint density at radius 3 is 2.93 bits per heavy atom. The third-order valence-electron chi connectivity index (χ3n) is 2.95. The molecule has 3 rings (SSSR count). The van der Waals surface area contributed by atoms with Gasteiger partial charge in [-0.3, -0.25) is 9.69 Å². The lowest BCUT2D eigenvalue weighted by molar-refractivity contribution is 0.0774. The molecule has 0 bridgehead atoms. The van der Waals surface area contributed by atoms with E-state index in [1.165, 1.54) is 6.42 Å². The molecule has 1 aromatic rings. The fourth-order valence-electron chi connectivity index (χ4n) is 2.03. The number of carbonyl (C=O) groups is 1. The van der Waals surface area contributed by atoms with Crippen LogP contribution < -0.4 is 5.31 Å². The molecule has 1 atom stereocenters. The summed E-state index contributed by atoms with van der Waals surface area (Å²) < 4.78 is 7.79. The predicted octanol–water partition coefficient (Wildman–Crippen LogP) is 1.13. The number of amides is 1. The third-order valence-corrected chi connectivity index (χ3v) is 2.95. The summed E-state index contributed by atoms with van der Waals surface area (Å²) in [6.45, 7) is 1.98. The fourth-order valence-corrected chi connectivity index (χ4v) is 2.03. The maximum atomic E-state index is 11.8. The van der Waals surface area contributed by atoms with Gasteiger partial charge in [-0.05, 0) is 12.5 Å². The van der Waals surface area contributed by atoms with Crippen LogP contribution in [0.25, 0.3) is 0 Å². The van der Waals surface area contributed by atoms with E-state index in [2.05, 4.69) is 4.90 Å². The molecule has 0 saturated carbocycles. The van der Waals surface area contributed by atoms with E-state index in [0.717, 1.165) is 24.0 Å². The highest BCUT2D eigenvalue weighted by molar-refractivity contribution is 5.99. The van der Waals surface area contributed by atoms with Crippen molar-refractivity contribution in [2.45, 2.75) is 12.6 Å². The number of likely N-dealkylation sites (tertiary alicyclic amines) is 1. The number of fused-ring (bicyclic) bond motifs is 1. The van der Waals surface area contributed by atoms with Crippen LogP contribution in [0.3, 0.4) is 0 Å². The van der Waals surface area contributed by atoms with E-state index in [4.69, 9.17) is 1.41 Å². The molecule has 1 unspecified atom stereocenters. The van der Waals surface area contributed by atoms with Crippen LogP contribution in [0.4, 0.5) is 0 Å². The Balaban J connectivity index is 2.05. The molecule has 2 aliphatic heterocycles. The molecule has 1 N–H and O–H groups in total. The highest BCUT2D eigenvalue weighted by atomic mass is 16.2. The van der Waals surface area contributed by atoms with Gasteiger partial charge in [0, 0.05) is 24.2 Å². The lowest BCUT2D eigenvalue weighted by Gasteiger charge is -2.36. The summed E-state index contributed by atoms with van der Waals surface area (Å²) in [5, 5.41) is 1.10. The molecule has 72 valence electrons. The quantitative estimate of drug-likeness (QED) is 0.718. The Kier molecular flexibility index (Phi) is 1.41. The lowest BCUT2D eigenvalue weighted by Crippen LogP contribution is -2.44. The Morgan fingerprint density at radius 1 is 1.43 bits per heavy atom. The van der Waals surface area contributed by atoms with E-state index in [1.807, 2.05) is 18.2 Å². The van der Waals surface area contributed by atoms with Crippen LogP contribution in [0.1, 0.15) is 28.5 Å². The molecular formula is C11H12N2O. The van der Waals surface area contributed by atoms with Gasteiger partial charge in [0.2, 0.25) is 0 Å². The summed E-state index contributed by atoms with van der Waals surface area (Å²) in [4.78, 5) is 13.9. The van der Waals surface area contributed by atoms with Crippen molar-refractivity contribution >= 4 is 5.91 Å². The molecule has 1 amide bonds. The van der Waals surface area contributed by atoms with Gasteiger partial charge in [0.15, 0.2) is 1.41 Å². The smallest absolute Gasteiger partial charge is 0.253 e. The van der Waals surface area contributed by atoms with Crippen molar-refractivity contribution in [3.63, 3.8) is 0 Å². The number of nitrogens with one attached hydrogen (secondary N) is 1. The minimum atomic E-state index is -0.178. The number of rotatable bonds is 1. The van der Waals surface area contributed by atoms with Crippen molar-refractivity contribution < 1.29 is 6.21 Å². The van der Waals surface area contributed by atoms with Crippen LogP contribution in [-0.2, 0) is 0 Å².